The summed E-state index contributed by atoms with van der Waals surface area (Å²) in [6.07, 6.45) is 4.95. The van der Waals surface area contributed by atoms with Crippen molar-refractivity contribution in [3.8, 4) is 5.69 Å². The molecular formula is C20H23N3O3. The third kappa shape index (κ3) is 2.69. The van der Waals surface area contributed by atoms with Crippen LogP contribution < -0.4 is 0 Å². The lowest BCUT2D eigenvalue weighted by atomic mass is 10.1. The van der Waals surface area contributed by atoms with E-state index in [1.807, 2.05) is 16.8 Å². The first-order chi connectivity index (χ1) is 12.6. The number of hydrogen-bond acceptors (Lipinski definition) is 3. The lowest BCUT2D eigenvalue weighted by Crippen LogP contribution is -2.40. The van der Waals surface area contributed by atoms with Gasteiger partial charge < -0.3 is 10.0 Å². The number of aromatic nitrogens is 2. The molecule has 1 aliphatic heterocycles. The number of carbonyl (C=O) groups is 2. The number of aliphatic carboxylic acids is 1. The average Bonchev–Trinajstić information content (AvgIpc) is 3.37. The van der Waals surface area contributed by atoms with Crippen molar-refractivity contribution < 1.29 is 14.7 Å². The van der Waals surface area contributed by atoms with Crippen molar-refractivity contribution in [2.45, 2.75) is 51.5 Å². The number of aryl methyl sites for hydroxylation is 1. The van der Waals surface area contributed by atoms with Crippen molar-refractivity contribution in [2.75, 3.05) is 6.54 Å². The summed E-state index contributed by atoms with van der Waals surface area (Å²) in [5.41, 5.74) is 4.73. The highest BCUT2D eigenvalue weighted by Crippen LogP contribution is 2.30. The number of carboxylic acids is 1. The minimum atomic E-state index is -0.929. The van der Waals surface area contributed by atoms with Crippen LogP contribution in [0.2, 0.25) is 0 Å². The van der Waals surface area contributed by atoms with Crippen molar-refractivity contribution in [2.24, 2.45) is 0 Å². The number of likely N-dealkylation sites (tertiary alicyclic amines) is 1. The van der Waals surface area contributed by atoms with Gasteiger partial charge in [-0.1, -0.05) is 19.1 Å². The summed E-state index contributed by atoms with van der Waals surface area (Å²) in [6, 6.07) is 7.51. The summed E-state index contributed by atoms with van der Waals surface area (Å²) in [5, 5.41) is 14.0. The van der Waals surface area contributed by atoms with Crippen molar-refractivity contribution in [1.82, 2.24) is 14.7 Å². The summed E-state index contributed by atoms with van der Waals surface area (Å²) in [4.78, 5) is 26.0. The van der Waals surface area contributed by atoms with Gasteiger partial charge in [0.15, 0.2) is 5.69 Å². The first kappa shape index (κ1) is 16.8. The number of carboxylic acid groups (broad SMARTS) is 1. The van der Waals surface area contributed by atoms with Gasteiger partial charge in [-0.25, -0.2) is 9.48 Å². The maximum absolute atomic E-state index is 13.1. The fourth-order valence-electron chi connectivity index (χ4n) is 4.10. The van der Waals surface area contributed by atoms with E-state index in [-0.39, 0.29) is 5.91 Å². The van der Waals surface area contributed by atoms with E-state index in [4.69, 9.17) is 0 Å². The number of benzene rings is 1. The van der Waals surface area contributed by atoms with Crippen LogP contribution in [0.5, 0.6) is 0 Å². The molecule has 0 spiro atoms. The zero-order valence-electron chi connectivity index (χ0n) is 14.9. The van der Waals surface area contributed by atoms with Gasteiger partial charge in [-0.2, -0.15) is 5.10 Å². The van der Waals surface area contributed by atoms with Gasteiger partial charge in [-0.3, -0.25) is 4.79 Å². The number of amides is 1. The molecule has 4 rings (SSSR count). The van der Waals surface area contributed by atoms with Gasteiger partial charge in [0, 0.05) is 17.8 Å². The molecule has 1 saturated heterocycles. The Morgan fingerprint density at radius 1 is 1.19 bits per heavy atom. The lowest BCUT2D eigenvalue weighted by molar-refractivity contribution is -0.141. The molecule has 1 atom stereocenters. The summed E-state index contributed by atoms with van der Waals surface area (Å²) < 4.78 is 1.88. The van der Waals surface area contributed by atoms with Crippen LogP contribution in [0.1, 0.15) is 53.5 Å². The van der Waals surface area contributed by atoms with Gasteiger partial charge in [0.25, 0.3) is 5.91 Å². The molecule has 2 heterocycles. The zero-order valence-corrected chi connectivity index (χ0v) is 14.9. The number of carbonyl (C=O) groups excluding carboxylic acids is 1. The second-order valence-corrected chi connectivity index (χ2v) is 7.05. The van der Waals surface area contributed by atoms with Gasteiger partial charge in [-0.15, -0.1) is 0 Å². The normalized spacial score (nSPS) is 19.0. The predicted octanol–water partition coefficient (Wildman–Crippen LogP) is 2.61. The van der Waals surface area contributed by atoms with Gasteiger partial charge in [0.05, 0.1) is 5.69 Å². The largest absolute Gasteiger partial charge is 0.480 e. The lowest BCUT2D eigenvalue weighted by Gasteiger charge is -2.20. The Kier molecular flexibility index (Phi) is 4.26. The monoisotopic (exact) mass is 353 g/mol. The van der Waals surface area contributed by atoms with Gasteiger partial charge in [0.1, 0.15) is 6.04 Å². The molecule has 0 saturated carbocycles. The second-order valence-electron chi connectivity index (χ2n) is 7.05. The van der Waals surface area contributed by atoms with Gasteiger partial charge >= 0.3 is 5.97 Å². The highest BCUT2D eigenvalue weighted by atomic mass is 16.4. The molecule has 136 valence electrons. The number of fused-ring (bicyclic) bond motifs is 1. The molecule has 0 unspecified atom stereocenters. The minimum absolute atomic E-state index is 0.239. The molecule has 2 aliphatic rings. The maximum atomic E-state index is 13.1. The highest BCUT2D eigenvalue weighted by Gasteiger charge is 2.37. The fraction of sp³-hybridized carbons (Fsp3) is 0.450. The summed E-state index contributed by atoms with van der Waals surface area (Å²) in [7, 11) is 0. The topological polar surface area (TPSA) is 75.4 Å². The van der Waals surface area contributed by atoms with Crippen molar-refractivity contribution in [1.29, 1.82) is 0 Å². The van der Waals surface area contributed by atoms with E-state index >= 15 is 0 Å². The van der Waals surface area contributed by atoms with Crippen LogP contribution in [-0.4, -0.2) is 44.3 Å². The second kappa shape index (κ2) is 6.59. The number of rotatable bonds is 4. The van der Waals surface area contributed by atoms with E-state index in [1.165, 1.54) is 10.5 Å². The Hall–Kier alpha value is -2.63. The molecule has 1 aromatic carbocycles. The Bertz CT molecular complexity index is 854. The quantitative estimate of drug-likeness (QED) is 0.917. The fourth-order valence-corrected chi connectivity index (χ4v) is 4.10. The zero-order chi connectivity index (χ0) is 18.3. The van der Waals surface area contributed by atoms with Crippen LogP contribution in [0.15, 0.2) is 24.3 Å². The Balaban J connectivity index is 1.71. The van der Waals surface area contributed by atoms with Crippen LogP contribution in [0.3, 0.4) is 0 Å². The number of hydrogen-bond donors (Lipinski definition) is 1. The van der Waals surface area contributed by atoms with E-state index in [9.17, 15) is 14.7 Å². The van der Waals surface area contributed by atoms with Crippen LogP contribution >= 0.6 is 0 Å². The van der Waals surface area contributed by atoms with Crippen molar-refractivity contribution >= 4 is 11.9 Å². The highest BCUT2D eigenvalue weighted by molar-refractivity contribution is 5.97. The van der Waals surface area contributed by atoms with E-state index in [1.54, 1.807) is 0 Å². The van der Waals surface area contributed by atoms with Crippen molar-refractivity contribution in [3.05, 3.63) is 46.8 Å². The first-order valence-corrected chi connectivity index (χ1v) is 9.34. The minimum Gasteiger partial charge on any atom is -0.480 e. The van der Waals surface area contributed by atoms with Crippen LogP contribution in [0.25, 0.3) is 5.69 Å². The molecule has 0 bridgehead atoms. The SMILES string of the molecule is CCc1ccc(-n2nc(C(=O)N3CCC[C@@H]3C(=O)O)c3c2CCC3)cc1. The van der Waals surface area contributed by atoms with Crippen LogP contribution in [0, 0.1) is 0 Å². The number of nitrogens with zero attached hydrogens (tertiary/aromatic N) is 3. The molecular weight excluding hydrogens is 330 g/mol. The summed E-state index contributed by atoms with van der Waals surface area (Å²) in [5.74, 6) is -1.17. The van der Waals surface area contributed by atoms with E-state index in [0.29, 0.717) is 18.7 Å². The van der Waals surface area contributed by atoms with Gasteiger partial charge in [0.2, 0.25) is 0 Å². The van der Waals surface area contributed by atoms with E-state index in [2.05, 4.69) is 24.2 Å². The van der Waals surface area contributed by atoms with E-state index < -0.39 is 12.0 Å². The Morgan fingerprint density at radius 3 is 2.65 bits per heavy atom. The van der Waals surface area contributed by atoms with E-state index in [0.717, 1.165) is 49.0 Å². The van der Waals surface area contributed by atoms with Crippen LogP contribution in [-0.2, 0) is 24.1 Å². The molecule has 26 heavy (non-hydrogen) atoms. The smallest absolute Gasteiger partial charge is 0.326 e. The third-order valence-corrected chi connectivity index (χ3v) is 5.52. The molecule has 1 fully saturated rings. The summed E-state index contributed by atoms with van der Waals surface area (Å²) >= 11 is 0. The Morgan fingerprint density at radius 2 is 1.96 bits per heavy atom. The third-order valence-electron chi connectivity index (χ3n) is 5.52. The first-order valence-electron chi connectivity index (χ1n) is 9.34. The molecule has 1 N–H and O–H groups in total. The Labute approximate surface area is 152 Å². The molecule has 1 aromatic heterocycles. The molecule has 6 nitrogen and oxygen atoms in total. The average molecular weight is 353 g/mol. The standard InChI is InChI=1S/C20H23N3O3/c1-2-13-8-10-14(11-9-13)23-16-6-3-5-15(16)18(21-23)19(24)22-12-4-7-17(22)20(25)26/h8-11,17H,2-7,12H2,1H3,(H,25,26)/t17-/m1/s1. The van der Waals surface area contributed by atoms with Crippen LogP contribution in [0.4, 0.5) is 0 Å². The van der Waals surface area contributed by atoms with Gasteiger partial charge in [-0.05, 0) is 56.2 Å². The molecule has 1 amide bonds. The molecule has 1 aliphatic carbocycles. The molecule has 2 aromatic rings. The maximum Gasteiger partial charge on any atom is 0.326 e. The predicted molar refractivity (Wildman–Crippen MR) is 96.7 cm³/mol. The summed E-state index contributed by atoms with van der Waals surface area (Å²) in [6.45, 7) is 2.61. The van der Waals surface area contributed by atoms with Crippen molar-refractivity contribution in [3.63, 3.8) is 0 Å². The molecule has 6 heteroatoms. The molecule has 0 radical (unpaired) electrons.